The molecule has 2 aromatic rings. The first-order chi connectivity index (χ1) is 9.33. The van der Waals surface area contributed by atoms with Gasteiger partial charge >= 0.3 is 0 Å². The topological polar surface area (TPSA) is 43.1 Å². The Bertz CT molecular complexity index is 513. The molecule has 0 fully saturated rings. The zero-order valence-electron chi connectivity index (χ0n) is 10.7. The van der Waals surface area contributed by atoms with Crippen molar-refractivity contribution in [3.63, 3.8) is 0 Å². The second-order valence-electron chi connectivity index (χ2n) is 4.18. The fourth-order valence-electron chi connectivity index (χ4n) is 1.89. The van der Waals surface area contributed by atoms with E-state index in [0.29, 0.717) is 6.54 Å². The fraction of sp³-hybridized carbons (Fsp3) is 0.188. The molecule has 1 atom stereocenters. The van der Waals surface area contributed by atoms with Crippen LogP contribution in [0.3, 0.4) is 0 Å². The van der Waals surface area contributed by atoms with Gasteiger partial charge in [-0.15, -0.1) is 11.8 Å². The van der Waals surface area contributed by atoms with E-state index >= 15 is 0 Å². The van der Waals surface area contributed by atoms with E-state index in [1.54, 1.807) is 11.8 Å². The normalized spacial score (nSPS) is 12.1. The molecule has 2 N–H and O–H groups in total. The van der Waals surface area contributed by atoms with Gasteiger partial charge in [0.1, 0.15) is 0 Å². The highest BCUT2D eigenvalue weighted by Crippen LogP contribution is 2.31. The summed E-state index contributed by atoms with van der Waals surface area (Å²) in [7, 11) is 0. The van der Waals surface area contributed by atoms with Gasteiger partial charge in [0, 0.05) is 17.9 Å². The van der Waals surface area contributed by atoms with Crippen LogP contribution in [0.5, 0.6) is 0 Å². The quantitative estimate of drug-likeness (QED) is 0.820. The van der Waals surface area contributed by atoms with Crippen molar-refractivity contribution in [2.75, 3.05) is 12.3 Å². The van der Waals surface area contributed by atoms with Crippen LogP contribution < -0.4 is 5.73 Å². The van der Waals surface area contributed by atoms with Crippen LogP contribution in [0.2, 0.25) is 0 Å². The largest absolute Gasteiger partial charge is 0.330 e. The molecule has 0 bridgehead atoms. The van der Waals surface area contributed by atoms with Gasteiger partial charge in [0.2, 0.25) is 0 Å². The molecule has 1 unspecified atom stereocenters. The lowest BCUT2D eigenvalue weighted by atomic mass is 10.0. The summed E-state index contributed by atoms with van der Waals surface area (Å²) in [5, 5.41) is -0.174. The van der Waals surface area contributed by atoms with Crippen molar-refractivity contribution in [3.8, 4) is 0 Å². The minimum atomic E-state index is -0.174. The first-order valence-corrected chi connectivity index (χ1v) is 7.33. The molecular weight excluding hydrogens is 254 g/mol. The summed E-state index contributed by atoms with van der Waals surface area (Å²) in [5.74, 6) is 0.920. The van der Waals surface area contributed by atoms with Crippen LogP contribution in [0.25, 0.3) is 0 Å². The first-order valence-electron chi connectivity index (χ1n) is 6.29. The number of Topliss-reactive ketones (excluding diaryl/α,β-unsaturated/α-hetero) is 1. The molecule has 2 rings (SSSR count). The number of ketones is 1. The van der Waals surface area contributed by atoms with E-state index in [4.69, 9.17) is 5.73 Å². The molecule has 3 heteroatoms. The Balaban J connectivity index is 2.25. The van der Waals surface area contributed by atoms with Crippen molar-refractivity contribution in [1.29, 1.82) is 0 Å². The van der Waals surface area contributed by atoms with E-state index in [1.807, 2.05) is 60.7 Å². The van der Waals surface area contributed by atoms with Crippen LogP contribution in [0.15, 0.2) is 60.7 Å². The third kappa shape index (κ3) is 3.69. The van der Waals surface area contributed by atoms with E-state index in [2.05, 4.69) is 0 Å². The van der Waals surface area contributed by atoms with Gasteiger partial charge < -0.3 is 5.73 Å². The number of hydrogen-bond acceptors (Lipinski definition) is 3. The van der Waals surface area contributed by atoms with E-state index in [1.165, 1.54) is 0 Å². The Morgan fingerprint density at radius 2 is 1.58 bits per heavy atom. The Labute approximate surface area is 118 Å². The summed E-state index contributed by atoms with van der Waals surface area (Å²) < 4.78 is 0. The van der Waals surface area contributed by atoms with E-state index in [9.17, 15) is 4.79 Å². The third-order valence-corrected chi connectivity index (χ3v) is 4.09. The molecule has 0 spiro atoms. The van der Waals surface area contributed by atoms with Crippen molar-refractivity contribution in [2.24, 2.45) is 5.73 Å². The van der Waals surface area contributed by atoms with Crippen LogP contribution in [-0.4, -0.2) is 18.1 Å². The molecule has 0 radical (unpaired) electrons. The summed E-state index contributed by atoms with van der Waals surface area (Å²) >= 11 is 1.60. The smallest absolute Gasteiger partial charge is 0.180 e. The molecule has 2 nitrogen and oxygen atoms in total. The van der Waals surface area contributed by atoms with Crippen LogP contribution >= 0.6 is 11.8 Å². The van der Waals surface area contributed by atoms with Gasteiger partial charge in [-0.25, -0.2) is 0 Å². The first kappa shape index (κ1) is 13.8. The average Bonchev–Trinajstić information content (AvgIpc) is 2.49. The molecule has 0 aliphatic heterocycles. The molecule has 0 aromatic heterocycles. The van der Waals surface area contributed by atoms with Crippen LogP contribution in [-0.2, 0) is 0 Å². The van der Waals surface area contributed by atoms with Gasteiger partial charge in [0.05, 0.1) is 5.25 Å². The number of thioether (sulfide) groups is 1. The zero-order chi connectivity index (χ0) is 13.5. The zero-order valence-corrected chi connectivity index (χ0v) is 11.5. The van der Waals surface area contributed by atoms with Gasteiger partial charge in [-0.2, -0.15) is 0 Å². The summed E-state index contributed by atoms with van der Waals surface area (Å²) in [4.78, 5) is 12.6. The van der Waals surface area contributed by atoms with Gasteiger partial charge in [0.25, 0.3) is 0 Å². The van der Waals surface area contributed by atoms with E-state index in [0.717, 1.165) is 16.9 Å². The van der Waals surface area contributed by atoms with Crippen molar-refractivity contribution in [2.45, 2.75) is 5.25 Å². The summed E-state index contributed by atoms with van der Waals surface area (Å²) in [6.45, 7) is 0.579. The molecule has 0 heterocycles. The lowest BCUT2D eigenvalue weighted by Gasteiger charge is -2.15. The lowest BCUT2D eigenvalue weighted by molar-refractivity contribution is 0.0989. The SMILES string of the molecule is NCCSC(C(=O)c1ccccc1)c1ccccc1. The van der Waals surface area contributed by atoms with Gasteiger partial charge in [-0.3, -0.25) is 4.79 Å². The van der Waals surface area contributed by atoms with Gasteiger partial charge in [0.15, 0.2) is 5.78 Å². The lowest BCUT2D eigenvalue weighted by Crippen LogP contribution is -2.12. The second-order valence-corrected chi connectivity index (χ2v) is 5.39. The van der Waals surface area contributed by atoms with Crippen LogP contribution in [0.1, 0.15) is 21.2 Å². The Morgan fingerprint density at radius 1 is 1.00 bits per heavy atom. The van der Waals surface area contributed by atoms with Crippen molar-refractivity contribution < 1.29 is 4.79 Å². The summed E-state index contributed by atoms with van der Waals surface area (Å²) in [6, 6.07) is 19.3. The maximum Gasteiger partial charge on any atom is 0.180 e. The Kier molecular flexibility index (Phi) is 5.19. The summed E-state index contributed by atoms with van der Waals surface area (Å²) in [6.07, 6.45) is 0. The van der Waals surface area contributed by atoms with E-state index < -0.39 is 0 Å². The molecule has 2 aromatic carbocycles. The average molecular weight is 271 g/mol. The number of carbonyl (C=O) groups excluding carboxylic acids is 1. The van der Waals surface area contributed by atoms with Crippen LogP contribution in [0, 0.1) is 0 Å². The third-order valence-electron chi connectivity index (χ3n) is 2.80. The molecule has 0 saturated carbocycles. The maximum atomic E-state index is 12.6. The predicted octanol–water partition coefficient (Wildman–Crippen LogP) is 3.30. The predicted molar refractivity (Wildman–Crippen MR) is 81.5 cm³/mol. The van der Waals surface area contributed by atoms with Crippen LogP contribution in [0.4, 0.5) is 0 Å². The number of benzene rings is 2. The fourth-order valence-corrected chi connectivity index (χ4v) is 2.90. The standard InChI is InChI=1S/C16H17NOS/c17-11-12-19-16(14-9-5-2-6-10-14)15(18)13-7-3-1-4-8-13/h1-10,16H,11-12,17H2. The Hall–Kier alpha value is -1.58. The van der Waals surface area contributed by atoms with Crippen molar-refractivity contribution >= 4 is 17.5 Å². The summed E-state index contributed by atoms with van der Waals surface area (Å²) in [5.41, 5.74) is 7.35. The molecule has 0 saturated heterocycles. The van der Waals surface area contributed by atoms with Crippen molar-refractivity contribution in [3.05, 3.63) is 71.8 Å². The van der Waals surface area contributed by atoms with Gasteiger partial charge in [-0.1, -0.05) is 60.7 Å². The number of hydrogen-bond donors (Lipinski definition) is 1. The highest BCUT2D eigenvalue weighted by atomic mass is 32.2. The monoisotopic (exact) mass is 271 g/mol. The number of nitrogens with two attached hydrogens (primary N) is 1. The maximum absolute atomic E-state index is 12.6. The number of carbonyl (C=O) groups is 1. The van der Waals surface area contributed by atoms with Crippen molar-refractivity contribution in [1.82, 2.24) is 0 Å². The highest BCUT2D eigenvalue weighted by molar-refractivity contribution is 8.00. The molecule has 0 aliphatic rings. The highest BCUT2D eigenvalue weighted by Gasteiger charge is 2.21. The number of rotatable bonds is 6. The molecule has 0 aliphatic carbocycles. The molecule has 0 amide bonds. The van der Waals surface area contributed by atoms with E-state index in [-0.39, 0.29) is 11.0 Å². The minimum Gasteiger partial charge on any atom is -0.330 e. The molecule has 98 valence electrons. The minimum absolute atomic E-state index is 0.144. The molecular formula is C16H17NOS. The second kappa shape index (κ2) is 7.12. The van der Waals surface area contributed by atoms with Gasteiger partial charge in [-0.05, 0) is 5.56 Å². The molecule has 19 heavy (non-hydrogen) atoms. The Morgan fingerprint density at radius 3 is 2.16 bits per heavy atom.